The maximum Gasteiger partial charge on any atom is 0.186 e. The lowest BCUT2D eigenvalue weighted by Crippen LogP contribution is -2.17. The van der Waals surface area contributed by atoms with Gasteiger partial charge in [0.15, 0.2) is 23.3 Å². The van der Waals surface area contributed by atoms with Gasteiger partial charge in [-0.1, -0.05) is 17.7 Å². The fraction of sp³-hybridized carbons (Fsp3) is 0.143. The van der Waals surface area contributed by atoms with Crippen LogP contribution in [0.5, 0.6) is 0 Å². The number of aryl methyl sites for hydroxylation is 1. The molecule has 0 aliphatic carbocycles. The summed E-state index contributed by atoms with van der Waals surface area (Å²) in [5.74, 6) is -8.45. The summed E-state index contributed by atoms with van der Waals surface area (Å²) in [4.78, 5) is 0.737. The lowest BCUT2D eigenvalue weighted by atomic mass is 10.1. The van der Waals surface area contributed by atoms with Crippen molar-refractivity contribution in [3.63, 3.8) is 0 Å². The van der Waals surface area contributed by atoms with E-state index in [0.29, 0.717) is 0 Å². The van der Waals surface area contributed by atoms with Crippen LogP contribution in [-0.4, -0.2) is 0 Å². The van der Waals surface area contributed by atoms with E-state index in [-0.39, 0.29) is 16.9 Å². The monoisotopic (exact) mass is 395 g/mol. The van der Waals surface area contributed by atoms with Gasteiger partial charge in [0.25, 0.3) is 0 Å². The van der Waals surface area contributed by atoms with Gasteiger partial charge < -0.3 is 4.90 Å². The molecular weight excluding hydrogens is 380 g/mol. The maximum absolute atomic E-state index is 14.7. The van der Waals surface area contributed by atoms with Gasteiger partial charge >= 0.3 is 0 Å². The number of rotatable bonds is 3. The maximum atomic E-state index is 14.7. The van der Waals surface area contributed by atoms with Gasteiger partial charge in [0, 0.05) is 16.8 Å². The smallest absolute Gasteiger partial charge is 0.186 e. The highest BCUT2D eigenvalue weighted by molar-refractivity contribution is 5.78. The number of hydrogen-bond acceptors (Lipinski definition) is 1. The minimum absolute atomic E-state index is 0.0636. The molecule has 0 bridgehead atoms. The van der Waals surface area contributed by atoms with Gasteiger partial charge in [-0.3, -0.25) is 0 Å². The minimum Gasteiger partial charge on any atom is -0.305 e. The second-order valence-electron chi connectivity index (χ2n) is 6.43. The molecule has 0 aliphatic heterocycles. The van der Waals surface area contributed by atoms with E-state index in [1.165, 1.54) is 19.1 Å². The first-order chi connectivity index (χ1) is 13.1. The second kappa shape index (κ2) is 7.22. The van der Waals surface area contributed by atoms with Crippen LogP contribution in [0.2, 0.25) is 0 Å². The Morgan fingerprint density at radius 1 is 0.571 bits per heavy atom. The van der Waals surface area contributed by atoms with Crippen LogP contribution in [-0.2, 0) is 0 Å². The number of halogens is 6. The predicted molar refractivity (Wildman–Crippen MR) is 95.1 cm³/mol. The summed E-state index contributed by atoms with van der Waals surface area (Å²) >= 11 is 0. The van der Waals surface area contributed by atoms with Gasteiger partial charge in [-0.15, -0.1) is 0 Å². The van der Waals surface area contributed by atoms with E-state index < -0.39 is 46.2 Å². The Labute approximate surface area is 157 Å². The summed E-state index contributed by atoms with van der Waals surface area (Å²) in [6.07, 6.45) is 0. The molecule has 0 aliphatic rings. The largest absolute Gasteiger partial charge is 0.305 e. The van der Waals surface area contributed by atoms with E-state index in [9.17, 15) is 26.3 Å². The molecular formula is C21H15F6N. The molecule has 3 aromatic rings. The molecule has 1 nitrogen and oxygen atoms in total. The highest BCUT2D eigenvalue weighted by Gasteiger charge is 2.29. The molecule has 0 amide bonds. The summed E-state index contributed by atoms with van der Waals surface area (Å²) in [5, 5.41) is 0. The zero-order valence-electron chi connectivity index (χ0n) is 15.2. The van der Waals surface area contributed by atoms with Crippen molar-refractivity contribution < 1.29 is 26.3 Å². The van der Waals surface area contributed by atoms with Crippen LogP contribution in [0.4, 0.5) is 43.4 Å². The summed E-state index contributed by atoms with van der Waals surface area (Å²) in [6.45, 7) is 3.84. The molecule has 0 unspecified atom stereocenters. The van der Waals surface area contributed by atoms with E-state index in [0.717, 1.165) is 29.5 Å². The van der Waals surface area contributed by atoms with Crippen molar-refractivity contribution in [1.82, 2.24) is 0 Å². The number of nitrogens with zero attached hydrogens (tertiary/aromatic N) is 1. The molecule has 0 N–H and O–H groups in total. The van der Waals surface area contributed by atoms with Crippen molar-refractivity contribution in [2.75, 3.05) is 4.90 Å². The average Bonchev–Trinajstić information content (AvgIpc) is 2.67. The van der Waals surface area contributed by atoms with Crippen LogP contribution in [0.25, 0.3) is 0 Å². The van der Waals surface area contributed by atoms with Crippen molar-refractivity contribution in [3.05, 3.63) is 88.0 Å². The van der Waals surface area contributed by atoms with E-state index in [2.05, 4.69) is 0 Å². The van der Waals surface area contributed by atoms with Crippen LogP contribution in [0.1, 0.15) is 16.7 Å². The first-order valence-electron chi connectivity index (χ1n) is 8.28. The third-order valence-corrected chi connectivity index (χ3v) is 4.50. The second-order valence-corrected chi connectivity index (χ2v) is 6.43. The van der Waals surface area contributed by atoms with E-state index in [1.54, 1.807) is 19.1 Å². The highest BCUT2D eigenvalue weighted by atomic mass is 19.2. The van der Waals surface area contributed by atoms with Crippen LogP contribution in [0.15, 0.2) is 36.4 Å². The molecule has 7 heteroatoms. The Kier molecular flexibility index (Phi) is 5.10. The highest BCUT2D eigenvalue weighted by Crippen LogP contribution is 2.41. The number of benzene rings is 3. The molecule has 0 saturated carbocycles. The topological polar surface area (TPSA) is 3.24 Å². The number of hydrogen-bond donors (Lipinski definition) is 0. The molecule has 0 fully saturated rings. The van der Waals surface area contributed by atoms with E-state index in [4.69, 9.17) is 0 Å². The normalized spacial score (nSPS) is 11.0. The average molecular weight is 395 g/mol. The molecule has 0 saturated heterocycles. The molecule has 0 atom stereocenters. The zero-order valence-corrected chi connectivity index (χ0v) is 15.2. The van der Waals surface area contributed by atoms with Crippen LogP contribution >= 0.6 is 0 Å². The molecule has 146 valence electrons. The molecule has 0 heterocycles. The molecule has 3 aromatic carbocycles. The Morgan fingerprint density at radius 2 is 1.04 bits per heavy atom. The van der Waals surface area contributed by atoms with Gasteiger partial charge in [0.2, 0.25) is 0 Å². The van der Waals surface area contributed by atoms with Gasteiger partial charge in [-0.05, 0) is 45.0 Å². The van der Waals surface area contributed by atoms with Gasteiger partial charge in [-0.2, -0.15) is 0 Å². The van der Waals surface area contributed by atoms with Gasteiger partial charge in [-0.25, -0.2) is 26.3 Å². The van der Waals surface area contributed by atoms with Crippen molar-refractivity contribution in [2.45, 2.75) is 20.8 Å². The van der Waals surface area contributed by atoms with Crippen molar-refractivity contribution in [3.8, 4) is 0 Å². The summed E-state index contributed by atoms with van der Waals surface area (Å²) in [6, 6.07) is 7.68. The predicted octanol–water partition coefficient (Wildman–Crippen LogP) is 6.92. The first kappa shape index (κ1) is 19.8. The van der Waals surface area contributed by atoms with Gasteiger partial charge in [0.05, 0.1) is 5.69 Å². The Balaban J connectivity index is 2.38. The number of anilines is 3. The Hall–Kier alpha value is -2.96. The molecule has 3 rings (SSSR count). The first-order valence-corrected chi connectivity index (χ1v) is 8.28. The zero-order chi connectivity index (χ0) is 20.7. The Morgan fingerprint density at radius 3 is 1.50 bits per heavy atom. The quantitative estimate of drug-likeness (QED) is 0.344. The lowest BCUT2D eigenvalue weighted by molar-refractivity contribution is 0.448. The molecule has 0 spiro atoms. The van der Waals surface area contributed by atoms with Crippen molar-refractivity contribution >= 4 is 17.1 Å². The lowest BCUT2D eigenvalue weighted by Gasteiger charge is -2.27. The van der Waals surface area contributed by atoms with Crippen LogP contribution in [0, 0.1) is 55.7 Å². The summed E-state index contributed by atoms with van der Waals surface area (Å²) in [5.41, 5.74) is -1.70. The molecule has 0 radical (unpaired) electrons. The van der Waals surface area contributed by atoms with Crippen molar-refractivity contribution in [2.24, 2.45) is 0 Å². The third-order valence-electron chi connectivity index (χ3n) is 4.50. The SMILES string of the molecule is Cc1ccc(N(c2cc(F)c(C)c(F)c2)c2c(F)c(F)c(C)c(F)c2F)cc1. The van der Waals surface area contributed by atoms with Crippen LogP contribution in [0.3, 0.4) is 0 Å². The van der Waals surface area contributed by atoms with Gasteiger partial charge in [0.1, 0.15) is 17.3 Å². The standard InChI is InChI=1S/C21H15F6N/c1-10-4-6-13(7-5-10)28(14-8-15(22)11(2)16(23)9-14)21-19(26)17(24)12(3)18(25)20(21)27/h4-9H,1-3H3. The molecule has 0 aromatic heterocycles. The minimum atomic E-state index is -1.67. The van der Waals surface area contributed by atoms with E-state index >= 15 is 0 Å². The fourth-order valence-corrected chi connectivity index (χ4v) is 2.79. The van der Waals surface area contributed by atoms with E-state index in [1.807, 2.05) is 0 Å². The molecule has 28 heavy (non-hydrogen) atoms. The third kappa shape index (κ3) is 3.21. The van der Waals surface area contributed by atoms with Crippen LogP contribution < -0.4 is 4.90 Å². The van der Waals surface area contributed by atoms with Crippen molar-refractivity contribution in [1.29, 1.82) is 0 Å². The summed E-state index contributed by atoms with van der Waals surface area (Å²) in [7, 11) is 0. The fourth-order valence-electron chi connectivity index (χ4n) is 2.79. The summed E-state index contributed by atoms with van der Waals surface area (Å²) < 4.78 is 85.9. The Bertz CT molecular complexity index is 1010.